The summed E-state index contributed by atoms with van der Waals surface area (Å²) in [4.78, 5) is 25.2. The third-order valence-corrected chi connectivity index (χ3v) is 2.99. The van der Waals surface area contributed by atoms with Crippen molar-refractivity contribution in [2.45, 2.75) is 6.42 Å². The van der Waals surface area contributed by atoms with E-state index in [9.17, 15) is 9.59 Å². The molecule has 0 fully saturated rings. The predicted octanol–water partition coefficient (Wildman–Crippen LogP) is 2.00. The van der Waals surface area contributed by atoms with Crippen LogP contribution in [0.4, 0.5) is 4.79 Å². The standard InChI is InChI=1S/C12H10N2O3S/c13-11(16)17-12-14-10(7-18-12)5-8-1-3-9(6-15)4-2-8/h1-4,6-7H,5H2,(H2,13,16). The number of hydrogen-bond donors (Lipinski definition) is 1. The monoisotopic (exact) mass is 262 g/mol. The second-order valence-electron chi connectivity index (χ2n) is 3.56. The zero-order valence-corrected chi connectivity index (χ0v) is 10.1. The van der Waals surface area contributed by atoms with Crippen molar-refractivity contribution in [3.05, 3.63) is 46.5 Å². The van der Waals surface area contributed by atoms with Gasteiger partial charge in [0.1, 0.15) is 6.29 Å². The van der Waals surface area contributed by atoms with Gasteiger partial charge in [0.25, 0.3) is 5.19 Å². The summed E-state index contributed by atoms with van der Waals surface area (Å²) < 4.78 is 4.67. The molecule has 0 spiro atoms. The molecule has 0 saturated heterocycles. The fourth-order valence-corrected chi connectivity index (χ4v) is 2.10. The normalized spacial score (nSPS) is 10.0. The zero-order chi connectivity index (χ0) is 13.0. The Bertz CT molecular complexity index is 563. The highest BCUT2D eigenvalue weighted by atomic mass is 32.1. The Morgan fingerprint density at radius 2 is 2.11 bits per heavy atom. The molecule has 0 aliphatic rings. The lowest BCUT2D eigenvalue weighted by Crippen LogP contribution is -2.16. The van der Waals surface area contributed by atoms with Gasteiger partial charge >= 0.3 is 6.09 Å². The molecule has 0 radical (unpaired) electrons. The zero-order valence-electron chi connectivity index (χ0n) is 9.33. The van der Waals surface area contributed by atoms with Crippen LogP contribution in [-0.2, 0) is 6.42 Å². The summed E-state index contributed by atoms with van der Waals surface area (Å²) >= 11 is 1.21. The highest BCUT2D eigenvalue weighted by molar-refractivity contribution is 7.11. The fourth-order valence-electron chi connectivity index (χ4n) is 1.43. The first-order valence-corrected chi connectivity index (χ1v) is 6.01. The molecule has 6 heteroatoms. The van der Waals surface area contributed by atoms with Crippen LogP contribution in [0.5, 0.6) is 5.19 Å². The minimum Gasteiger partial charge on any atom is -0.381 e. The molecule has 1 heterocycles. The molecule has 18 heavy (non-hydrogen) atoms. The van der Waals surface area contributed by atoms with Crippen LogP contribution in [0.3, 0.4) is 0 Å². The van der Waals surface area contributed by atoms with Gasteiger partial charge < -0.3 is 10.5 Å². The predicted molar refractivity (Wildman–Crippen MR) is 67.0 cm³/mol. The summed E-state index contributed by atoms with van der Waals surface area (Å²) in [6, 6.07) is 7.21. The number of amides is 1. The number of thiazole rings is 1. The largest absolute Gasteiger partial charge is 0.411 e. The highest BCUT2D eigenvalue weighted by Gasteiger charge is 2.06. The Morgan fingerprint density at radius 1 is 1.39 bits per heavy atom. The van der Waals surface area contributed by atoms with Crippen molar-refractivity contribution in [3.8, 4) is 5.19 Å². The summed E-state index contributed by atoms with van der Waals surface area (Å²) in [7, 11) is 0. The summed E-state index contributed by atoms with van der Waals surface area (Å²) in [5.41, 5.74) is 7.34. The van der Waals surface area contributed by atoms with Gasteiger partial charge in [-0.25, -0.2) is 9.78 Å². The number of carbonyl (C=O) groups excluding carboxylic acids is 2. The summed E-state index contributed by atoms with van der Waals surface area (Å²) in [5, 5.41) is 2.04. The van der Waals surface area contributed by atoms with Crippen LogP contribution in [0.25, 0.3) is 0 Å². The number of carbonyl (C=O) groups is 2. The van der Waals surface area contributed by atoms with Crippen molar-refractivity contribution in [3.63, 3.8) is 0 Å². The van der Waals surface area contributed by atoms with E-state index in [1.54, 1.807) is 17.5 Å². The van der Waals surface area contributed by atoms with Crippen LogP contribution in [-0.4, -0.2) is 17.4 Å². The topological polar surface area (TPSA) is 82.3 Å². The van der Waals surface area contributed by atoms with E-state index in [0.29, 0.717) is 12.0 Å². The molecule has 0 aliphatic heterocycles. The molecular formula is C12H10N2O3S. The van der Waals surface area contributed by atoms with Gasteiger partial charge in [-0.2, -0.15) is 0 Å². The van der Waals surface area contributed by atoms with Crippen LogP contribution < -0.4 is 10.5 Å². The first kappa shape index (κ1) is 12.3. The number of nitrogens with two attached hydrogens (primary N) is 1. The van der Waals surface area contributed by atoms with Crippen molar-refractivity contribution in [1.29, 1.82) is 0 Å². The summed E-state index contributed by atoms with van der Waals surface area (Å²) in [6.07, 6.45) is 0.537. The first-order valence-electron chi connectivity index (χ1n) is 5.13. The van der Waals surface area contributed by atoms with E-state index in [1.807, 2.05) is 12.1 Å². The molecule has 2 aromatic rings. The third-order valence-electron chi connectivity index (χ3n) is 2.22. The number of rotatable bonds is 4. The number of aldehydes is 1. The molecule has 0 saturated carbocycles. The highest BCUT2D eigenvalue weighted by Crippen LogP contribution is 2.20. The lowest BCUT2D eigenvalue weighted by molar-refractivity contribution is 0.112. The van der Waals surface area contributed by atoms with Gasteiger partial charge in [0.15, 0.2) is 0 Å². The van der Waals surface area contributed by atoms with Crippen molar-refractivity contribution in [1.82, 2.24) is 4.98 Å². The molecule has 5 nitrogen and oxygen atoms in total. The molecule has 0 aliphatic carbocycles. The van der Waals surface area contributed by atoms with E-state index in [-0.39, 0.29) is 5.19 Å². The first-order chi connectivity index (χ1) is 8.67. The average Bonchev–Trinajstić information content (AvgIpc) is 2.76. The second kappa shape index (κ2) is 5.42. The van der Waals surface area contributed by atoms with Crippen LogP contribution in [0.15, 0.2) is 29.6 Å². The van der Waals surface area contributed by atoms with E-state index in [2.05, 4.69) is 9.72 Å². The number of primary amides is 1. The minimum atomic E-state index is -0.869. The van der Waals surface area contributed by atoms with Gasteiger partial charge in [0, 0.05) is 17.4 Å². The Labute approximate surface area is 107 Å². The Balaban J connectivity index is 2.06. The Kier molecular flexibility index (Phi) is 3.69. The number of hydrogen-bond acceptors (Lipinski definition) is 5. The smallest absolute Gasteiger partial charge is 0.381 e. The maximum Gasteiger partial charge on any atom is 0.411 e. The van der Waals surface area contributed by atoms with Crippen molar-refractivity contribution >= 4 is 23.7 Å². The molecule has 92 valence electrons. The van der Waals surface area contributed by atoms with Crippen LogP contribution in [0.2, 0.25) is 0 Å². The minimum absolute atomic E-state index is 0.238. The molecule has 2 N–H and O–H groups in total. The van der Waals surface area contributed by atoms with E-state index in [1.165, 1.54) is 11.3 Å². The Hall–Kier alpha value is -2.21. The second-order valence-corrected chi connectivity index (χ2v) is 4.38. The van der Waals surface area contributed by atoms with Gasteiger partial charge in [-0.05, 0) is 5.56 Å². The number of benzene rings is 1. The number of nitrogens with zero attached hydrogens (tertiary/aromatic N) is 1. The van der Waals surface area contributed by atoms with E-state index in [4.69, 9.17) is 5.73 Å². The van der Waals surface area contributed by atoms with Gasteiger partial charge in [0.05, 0.1) is 5.69 Å². The average molecular weight is 262 g/mol. The van der Waals surface area contributed by atoms with Crippen LogP contribution in [0.1, 0.15) is 21.6 Å². The molecule has 1 amide bonds. The molecular weight excluding hydrogens is 252 g/mol. The Morgan fingerprint density at radius 3 is 2.72 bits per heavy atom. The van der Waals surface area contributed by atoms with Crippen molar-refractivity contribution in [2.75, 3.05) is 0 Å². The quantitative estimate of drug-likeness (QED) is 0.854. The number of ether oxygens (including phenoxy) is 1. The van der Waals surface area contributed by atoms with Gasteiger partial charge in [0.2, 0.25) is 0 Å². The molecule has 1 aromatic carbocycles. The van der Waals surface area contributed by atoms with Gasteiger partial charge in [-0.1, -0.05) is 35.6 Å². The van der Waals surface area contributed by atoms with Crippen molar-refractivity contribution in [2.24, 2.45) is 5.73 Å². The number of aromatic nitrogens is 1. The SMILES string of the molecule is NC(=O)Oc1nc(Cc2ccc(C=O)cc2)cs1. The third kappa shape index (κ3) is 3.14. The lowest BCUT2D eigenvalue weighted by Gasteiger charge is -1.98. The van der Waals surface area contributed by atoms with E-state index >= 15 is 0 Å². The molecule has 0 atom stereocenters. The maximum atomic E-state index is 10.5. The lowest BCUT2D eigenvalue weighted by atomic mass is 10.1. The molecule has 0 unspecified atom stereocenters. The van der Waals surface area contributed by atoms with E-state index in [0.717, 1.165) is 17.5 Å². The van der Waals surface area contributed by atoms with Crippen LogP contribution >= 0.6 is 11.3 Å². The summed E-state index contributed by atoms with van der Waals surface area (Å²) in [5.74, 6) is 0. The molecule has 1 aromatic heterocycles. The van der Waals surface area contributed by atoms with Crippen LogP contribution in [0, 0.1) is 0 Å². The fraction of sp³-hybridized carbons (Fsp3) is 0.0833. The maximum absolute atomic E-state index is 10.5. The molecule has 0 bridgehead atoms. The van der Waals surface area contributed by atoms with Crippen molar-refractivity contribution < 1.29 is 14.3 Å². The van der Waals surface area contributed by atoms with Gasteiger partial charge in [-0.3, -0.25) is 4.79 Å². The summed E-state index contributed by atoms with van der Waals surface area (Å²) in [6.45, 7) is 0. The van der Waals surface area contributed by atoms with E-state index < -0.39 is 6.09 Å². The molecule has 2 rings (SSSR count). The van der Waals surface area contributed by atoms with Gasteiger partial charge in [-0.15, -0.1) is 0 Å².